The van der Waals surface area contributed by atoms with Crippen molar-refractivity contribution < 1.29 is 0 Å². The molecule has 0 N–H and O–H groups in total. The molecule has 5 nitrogen and oxygen atoms in total. The van der Waals surface area contributed by atoms with Crippen LogP contribution in [0, 0.1) is 3.83 Å². The summed E-state index contributed by atoms with van der Waals surface area (Å²) < 4.78 is 0.719. The zero-order valence-electron chi connectivity index (χ0n) is 12.0. The van der Waals surface area contributed by atoms with Gasteiger partial charge in [-0.05, 0) is 31.7 Å². The van der Waals surface area contributed by atoms with Crippen molar-refractivity contribution in [2.75, 3.05) is 13.6 Å². The van der Waals surface area contributed by atoms with Gasteiger partial charge in [0.25, 0.3) is 0 Å². The van der Waals surface area contributed by atoms with E-state index in [1.165, 1.54) is 0 Å². The number of aromatic nitrogens is 3. The maximum absolute atomic E-state index is 4.65. The predicted molar refractivity (Wildman–Crippen MR) is 92.8 cm³/mol. The molecule has 0 amide bonds. The molecule has 6 heteroatoms. The molecule has 0 aromatic carbocycles. The highest BCUT2D eigenvalue weighted by Crippen LogP contribution is 2.23. The minimum absolute atomic E-state index is 0.283. The Morgan fingerprint density at radius 3 is 2.76 bits per heavy atom. The minimum atomic E-state index is 0.283. The quantitative estimate of drug-likeness (QED) is 0.725. The molecule has 108 valence electrons. The first-order valence-corrected chi connectivity index (χ1v) is 7.93. The van der Waals surface area contributed by atoms with Crippen molar-refractivity contribution in [1.82, 2.24) is 19.9 Å². The summed E-state index contributed by atoms with van der Waals surface area (Å²) in [7, 11) is 2.04. The molecule has 1 aromatic heterocycles. The Bertz CT molecular complexity index is 675. The molecular weight excluding hydrogens is 377 g/mol. The lowest BCUT2D eigenvalue weighted by Gasteiger charge is -2.17. The average molecular weight is 393 g/mol. The van der Waals surface area contributed by atoms with E-state index in [4.69, 9.17) is 0 Å². The number of hydrogen-bond donors (Lipinski definition) is 0. The van der Waals surface area contributed by atoms with Gasteiger partial charge in [0, 0.05) is 53.5 Å². The van der Waals surface area contributed by atoms with Gasteiger partial charge in [0.2, 0.25) is 0 Å². The first-order valence-electron chi connectivity index (χ1n) is 6.85. The minimum Gasteiger partial charge on any atom is -0.377 e. The number of dihydropyridines is 1. The zero-order chi connectivity index (χ0) is 14.8. The number of nitrogens with zero attached hydrogens (tertiary/aromatic N) is 5. The summed E-state index contributed by atoms with van der Waals surface area (Å²) >= 11 is 2.15. The second-order valence-electron chi connectivity index (χ2n) is 5.21. The molecule has 0 saturated carbocycles. The fraction of sp³-hybridized carbons (Fsp3) is 0.333. The maximum atomic E-state index is 4.65. The van der Waals surface area contributed by atoms with Crippen LogP contribution in [-0.4, -0.2) is 45.7 Å². The number of hydrogen-bond acceptors (Lipinski definition) is 5. The van der Waals surface area contributed by atoms with E-state index in [0.717, 1.165) is 39.6 Å². The van der Waals surface area contributed by atoms with Crippen molar-refractivity contribution in [3.05, 3.63) is 39.9 Å². The Morgan fingerprint density at radius 2 is 2.05 bits per heavy atom. The number of allylic oxidation sites excluding steroid dienone is 3. The first-order chi connectivity index (χ1) is 10.1. The molecule has 0 bridgehead atoms. The van der Waals surface area contributed by atoms with Crippen LogP contribution in [0.4, 0.5) is 0 Å². The predicted octanol–water partition coefficient (Wildman–Crippen LogP) is 2.57. The summed E-state index contributed by atoms with van der Waals surface area (Å²) in [4.78, 5) is 20.0. The Hall–Kier alpha value is -1.57. The molecule has 3 heterocycles. The van der Waals surface area contributed by atoms with Gasteiger partial charge in [-0.3, -0.25) is 4.99 Å². The number of likely N-dealkylation sites (N-methyl/N-ethyl adjacent to an activating group) is 1. The highest BCUT2D eigenvalue weighted by molar-refractivity contribution is 14.1. The van der Waals surface area contributed by atoms with Crippen molar-refractivity contribution in [3.63, 3.8) is 0 Å². The number of halogens is 1. The number of rotatable bonds is 2. The van der Waals surface area contributed by atoms with Gasteiger partial charge in [-0.25, -0.2) is 15.0 Å². The standard InChI is InChI=1S/C15H16IN5/c1-10-9-12(3-6-17-10)14-18-13(19-15(16)20-14)11-4-7-21(2)8-5-11/h3-7,10H,8-9H2,1-2H3. The van der Waals surface area contributed by atoms with Gasteiger partial charge < -0.3 is 4.90 Å². The summed E-state index contributed by atoms with van der Waals surface area (Å²) in [5.74, 6) is 1.50. The van der Waals surface area contributed by atoms with E-state index in [0.29, 0.717) is 0 Å². The van der Waals surface area contributed by atoms with E-state index in [1.54, 1.807) is 0 Å². The van der Waals surface area contributed by atoms with E-state index < -0.39 is 0 Å². The highest BCUT2D eigenvalue weighted by Gasteiger charge is 2.16. The topological polar surface area (TPSA) is 54.3 Å². The molecule has 3 rings (SSSR count). The third-order valence-electron chi connectivity index (χ3n) is 3.39. The van der Waals surface area contributed by atoms with Gasteiger partial charge in [-0.1, -0.05) is 6.08 Å². The highest BCUT2D eigenvalue weighted by atomic mass is 127. The van der Waals surface area contributed by atoms with Gasteiger partial charge in [0.15, 0.2) is 15.5 Å². The van der Waals surface area contributed by atoms with E-state index in [1.807, 2.05) is 31.6 Å². The third kappa shape index (κ3) is 3.37. The zero-order valence-corrected chi connectivity index (χ0v) is 14.1. The molecule has 0 radical (unpaired) electrons. The second kappa shape index (κ2) is 6.05. The van der Waals surface area contributed by atoms with Crippen LogP contribution in [0.3, 0.4) is 0 Å². The van der Waals surface area contributed by atoms with Crippen LogP contribution >= 0.6 is 22.6 Å². The molecule has 1 atom stereocenters. The van der Waals surface area contributed by atoms with Crippen LogP contribution in [0.15, 0.2) is 29.4 Å². The molecule has 0 aliphatic carbocycles. The lowest BCUT2D eigenvalue weighted by molar-refractivity contribution is 0.506. The van der Waals surface area contributed by atoms with Gasteiger partial charge in [0.1, 0.15) is 0 Å². The van der Waals surface area contributed by atoms with Crippen molar-refractivity contribution >= 4 is 40.0 Å². The normalized spacial score (nSPS) is 21.3. The summed E-state index contributed by atoms with van der Waals surface area (Å²) in [6.45, 7) is 2.97. The fourth-order valence-electron chi connectivity index (χ4n) is 2.25. The van der Waals surface area contributed by atoms with Crippen molar-refractivity contribution in [2.45, 2.75) is 19.4 Å². The van der Waals surface area contributed by atoms with Crippen LogP contribution in [0.25, 0.3) is 11.1 Å². The largest absolute Gasteiger partial charge is 0.377 e. The summed E-state index contributed by atoms with van der Waals surface area (Å²) in [6, 6.07) is 0.283. The van der Waals surface area contributed by atoms with E-state index in [-0.39, 0.29) is 6.04 Å². The molecule has 21 heavy (non-hydrogen) atoms. The van der Waals surface area contributed by atoms with Crippen LogP contribution in [0.1, 0.15) is 25.0 Å². The smallest absolute Gasteiger partial charge is 0.194 e. The molecule has 2 aliphatic heterocycles. The van der Waals surface area contributed by atoms with Crippen LogP contribution in [-0.2, 0) is 0 Å². The molecular formula is C15H16IN5. The van der Waals surface area contributed by atoms with Crippen molar-refractivity contribution in [3.8, 4) is 0 Å². The third-order valence-corrected chi connectivity index (χ3v) is 3.88. The lowest BCUT2D eigenvalue weighted by Crippen LogP contribution is -2.15. The Kier molecular flexibility index (Phi) is 4.14. The Morgan fingerprint density at radius 1 is 1.24 bits per heavy atom. The molecule has 2 aliphatic rings. The SMILES string of the molecule is CC1CC(c2nc(I)nc(C3=CCN(C)C=C3)n2)=CC=N1. The molecule has 0 fully saturated rings. The molecule has 1 aromatic rings. The maximum Gasteiger partial charge on any atom is 0.194 e. The van der Waals surface area contributed by atoms with Gasteiger partial charge in [0.05, 0.1) is 6.04 Å². The monoisotopic (exact) mass is 393 g/mol. The first kappa shape index (κ1) is 14.4. The van der Waals surface area contributed by atoms with Crippen LogP contribution in [0.5, 0.6) is 0 Å². The molecule has 1 unspecified atom stereocenters. The second-order valence-corrected chi connectivity index (χ2v) is 6.17. The van der Waals surface area contributed by atoms with Gasteiger partial charge in [-0.15, -0.1) is 0 Å². The van der Waals surface area contributed by atoms with E-state index >= 15 is 0 Å². The summed E-state index contributed by atoms with van der Waals surface area (Å²) in [5, 5.41) is 0. The van der Waals surface area contributed by atoms with Gasteiger partial charge in [-0.2, -0.15) is 0 Å². The van der Waals surface area contributed by atoms with Gasteiger partial charge >= 0.3 is 0 Å². The Labute approximate surface area is 137 Å². The fourth-order valence-corrected chi connectivity index (χ4v) is 2.71. The number of aliphatic imine (C=N–C) groups is 1. The van der Waals surface area contributed by atoms with E-state index in [9.17, 15) is 0 Å². The molecule has 0 spiro atoms. The Balaban J connectivity index is 1.96. The van der Waals surface area contributed by atoms with Crippen molar-refractivity contribution in [1.29, 1.82) is 0 Å². The summed E-state index contributed by atoms with van der Waals surface area (Å²) in [6.07, 6.45) is 10.9. The van der Waals surface area contributed by atoms with E-state index in [2.05, 4.69) is 60.4 Å². The van der Waals surface area contributed by atoms with Crippen LogP contribution in [0.2, 0.25) is 0 Å². The molecule has 0 saturated heterocycles. The lowest BCUT2D eigenvalue weighted by atomic mass is 10.0. The average Bonchev–Trinajstić information content (AvgIpc) is 2.47. The van der Waals surface area contributed by atoms with Crippen LogP contribution < -0.4 is 0 Å². The summed E-state index contributed by atoms with van der Waals surface area (Å²) in [5.41, 5.74) is 2.17. The van der Waals surface area contributed by atoms with Crippen molar-refractivity contribution in [2.24, 2.45) is 4.99 Å².